The van der Waals surface area contributed by atoms with Gasteiger partial charge in [0.2, 0.25) is 0 Å². The van der Waals surface area contributed by atoms with Crippen LogP contribution in [0.25, 0.3) is 44.5 Å². The normalized spacial score (nSPS) is 20.4. The van der Waals surface area contributed by atoms with Crippen molar-refractivity contribution in [3.63, 3.8) is 0 Å². The Hall–Kier alpha value is -5.47. The molecule has 1 aromatic heterocycles. The number of aromatic nitrogens is 2. The monoisotopic (exact) mass is 590 g/mol. The molecule has 3 aliphatic carbocycles. The molecule has 220 valence electrons. The minimum atomic E-state index is -0.174. The molecule has 0 bridgehead atoms. The molecule has 0 saturated carbocycles. The van der Waals surface area contributed by atoms with Gasteiger partial charge in [0.15, 0.2) is 0 Å². The summed E-state index contributed by atoms with van der Waals surface area (Å²) < 4.78 is 2.29. The molecule has 0 amide bonds. The molecule has 1 heterocycles. The SMILES string of the molecule is CC12C=CC=CC1=C(c1ccc(-n3c(-c4ccccc4)nc4ccccc43)cc1)C1=CCCC=C1C2c1ccc2ccccc2c1. The molecule has 46 heavy (non-hydrogen) atoms. The van der Waals surface area contributed by atoms with Gasteiger partial charge in [-0.2, -0.15) is 0 Å². The molecule has 0 saturated heterocycles. The molecule has 0 fully saturated rings. The standard InChI is InChI=1S/C44H34N2/c1-44-28-12-11-19-38(44)41(36-17-7-8-18-37(36)42(44)34-23-22-30-13-5-6-16-33(30)29-34)31-24-26-35(27-25-31)46-40-21-10-9-20-39(40)45-43(46)32-14-3-2-4-15-32/h2-6,9-29,42H,7-8H2,1H3. The Morgan fingerprint density at radius 3 is 2.33 bits per heavy atom. The summed E-state index contributed by atoms with van der Waals surface area (Å²) in [6.07, 6.45) is 16.4. The van der Waals surface area contributed by atoms with E-state index < -0.39 is 0 Å². The van der Waals surface area contributed by atoms with Gasteiger partial charge in [-0.1, -0.05) is 140 Å². The molecular weight excluding hydrogens is 556 g/mol. The number of para-hydroxylation sites is 2. The molecule has 0 spiro atoms. The van der Waals surface area contributed by atoms with Crippen molar-refractivity contribution < 1.29 is 0 Å². The molecular formula is C44H34N2. The van der Waals surface area contributed by atoms with E-state index in [9.17, 15) is 0 Å². The molecule has 5 aromatic carbocycles. The zero-order valence-electron chi connectivity index (χ0n) is 25.9. The average molecular weight is 591 g/mol. The minimum absolute atomic E-state index is 0.174. The Balaban J connectivity index is 1.20. The van der Waals surface area contributed by atoms with Gasteiger partial charge in [-0.05, 0) is 81.3 Å². The maximum Gasteiger partial charge on any atom is 0.145 e. The van der Waals surface area contributed by atoms with Crippen molar-refractivity contribution in [1.29, 1.82) is 0 Å². The maximum atomic E-state index is 5.06. The third-order valence-corrected chi connectivity index (χ3v) is 10.2. The molecule has 2 nitrogen and oxygen atoms in total. The van der Waals surface area contributed by atoms with Crippen LogP contribution in [-0.4, -0.2) is 9.55 Å². The number of fused-ring (bicyclic) bond motifs is 4. The van der Waals surface area contributed by atoms with Crippen LogP contribution in [0.4, 0.5) is 0 Å². The fourth-order valence-corrected chi connectivity index (χ4v) is 8.03. The number of nitrogens with zero attached hydrogens (tertiary/aromatic N) is 2. The van der Waals surface area contributed by atoms with Crippen LogP contribution in [0.2, 0.25) is 0 Å². The van der Waals surface area contributed by atoms with Crippen molar-refractivity contribution in [2.24, 2.45) is 5.41 Å². The van der Waals surface area contributed by atoms with Gasteiger partial charge in [0.25, 0.3) is 0 Å². The number of rotatable bonds is 4. The molecule has 0 radical (unpaired) electrons. The average Bonchev–Trinajstić information content (AvgIpc) is 3.50. The Bertz CT molecular complexity index is 2310. The third kappa shape index (κ3) is 4.14. The minimum Gasteiger partial charge on any atom is -0.292 e. The smallest absolute Gasteiger partial charge is 0.145 e. The topological polar surface area (TPSA) is 17.8 Å². The number of allylic oxidation sites excluding steroid dienone is 10. The zero-order valence-corrected chi connectivity index (χ0v) is 25.9. The van der Waals surface area contributed by atoms with Crippen molar-refractivity contribution in [2.45, 2.75) is 25.7 Å². The van der Waals surface area contributed by atoms with E-state index >= 15 is 0 Å². The Morgan fingerprint density at radius 2 is 1.46 bits per heavy atom. The summed E-state index contributed by atoms with van der Waals surface area (Å²) in [6, 6.07) is 43.9. The third-order valence-electron chi connectivity index (χ3n) is 10.2. The second-order valence-corrected chi connectivity index (χ2v) is 12.9. The summed E-state index contributed by atoms with van der Waals surface area (Å²) in [5, 5.41) is 2.59. The first-order chi connectivity index (χ1) is 22.7. The van der Waals surface area contributed by atoms with Gasteiger partial charge >= 0.3 is 0 Å². The first-order valence-corrected chi connectivity index (χ1v) is 16.3. The highest BCUT2D eigenvalue weighted by Gasteiger charge is 2.46. The van der Waals surface area contributed by atoms with Crippen LogP contribution in [0.1, 0.15) is 36.8 Å². The summed E-state index contributed by atoms with van der Waals surface area (Å²) in [5.41, 5.74) is 12.4. The Kier molecular flexibility index (Phi) is 6.18. The lowest BCUT2D eigenvalue weighted by Gasteiger charge is -2.47. The fraction of sp³-hybridized carbons (Fsp3) is 0.114. The number of benzene rings is 5. The van der Waals surface area contributed by atoms with E-state index in [-0.39, 0.29) is 11.3 Å². The molecule has 2 heteroatoms. The molecule has 6 aromatic rings. The van der Waals surface area contributed by atoms with E-state index in [0.29, 0.717) is 0 Å². The lowest BCUT2D eigenvalue weighted by atomic mass is 9.56. The molecule has 9 rings (SSSR count). The molecule has 2 atom stereocenters. The Labute approximate surface area is 270 Å². The van der Waals surface area contributed by atoms with Crippen LogP contribution in [0.5, 0.6) is 0 Å². The van der Waals surface area contributed by atoms with Gasteiger partial charge < -0.3 is 0 Å². The summed E-state index contributed by atoms with van der Waals surface area (Å²) >= 11 is 0. The van der Waals surface area contributed by atoms with Gasteiger partial charge in [0.05, 0.1) is 11.0 Å². The highest BCUT2D eigenvalue weighted by Crippen LogP contribution is 2.60. The van der Waals surface area contributed by atoms with Crippen LogP contribution in [-0.2, 0) is 0 Å². The zero-order chi connectivity index (χ0) is 30.7. The first-order valence-electron chi connectivity index (χ1n) is 16.3. The first kappa shape index (κ1) is 26.9. The van der Waals surface area contributed by atoms with Crippen molar-refractivity contribution in [1.82, 2.24) is 9.55 Å². The van der Waals surface area contributed by atoms with E-state index in [4.69, 9.17) is 4.98 Å². The summed E-state index contributed by atoms with van der Waals surface area (Å²) in [5.74, 6) is 1.20. The predicted molar refractivity (Wildman–Crippen MR) is 192 cm³/mol. The number of hydrogen-bond acceptors (Lipinski definition) is 1. The molecule has 3 aliphatic rings. The second-order valence-electron chi connectivity index (χ2n) is 12.9. The van der Waals surface area contributed by atoms with E-state index in [1.54, 1.807) is 0 Å². The lowest BCUT2D eigenvalue weighted by molar-refractivity contribution is 0.443. The van der Waals surface area contributed by atoms with Gasteiger partial charge in [-0.3, -0.25) is 4.57 Å². The fourth-order valence-electron chi connectivity index (χ4n) is 8.03. The van der Waals surface area contributed by atoms with E-state index in [1.165, 1.54) is 44.2 Å². The van der Waals surface area contributed by atoms with E-state index in [0.717, 1.165) is 41.0 Å². The van der Waals surface area contributed by atoms with Crippen LogP contribution >= 0.6 is 0 Å². The highest BCUT2D eigenvalue weighted by atomic mass is 15.1. The van der Waals surface area contributed by atoms with Gasteiger partial charge in [0.1, 0.15) is 5.82 Å². The van der Waals surface area contributed by atoms with Crippen molar-refractivity contribution in [2.75, 3.05) is 0 Å². The van der Waals surface area contributed by atoms with Gasteiger partial charge in [-0.15, -0.1) is 0 Å². The molecule has 0 N–H and O–H groups in total. The summed E-state index contributed by atoms with van der Waals surface area (Å²) in [7, 11) is 0. The molecule has 2 unspecified atom stereocenters. The van der Waals surface area contributed by atoms with E-state index in [2.05, 4.69) is 169 Å². The van der Waals surface area contributed by atoms with Gasteiger partial charge in [0, 0.05) is 22.6 Å². The molecule has 0 aliphatic heterocycles. The number of hydrogen-bond donors (Lipinski definition) is 0. The van der Waals surface area contributed by atoms with Crippen LogP contribution < -0.4 is 0 Å². The quantitative estimate of drug-likeness (QED) is 0.200. The summed E-state index contributed by atoms with van der Waals surface area (Å²) in [6.45, 7) is 2.44. The predicted octanol–water partition coefficient (Wildman–Crippen LogP) is 11.2. The largest absolute Gasteiger partial charge is 0.292 e. The highest BCUT2D eigenvalue weighted by molar-refractivity contribution is 5.93. The van der Waals surface area contributed by atoms with Gasteiger partial charge in [-0.25, -0.2) is 4.98 Å². The maximum absolute atomic E-state index is 5.06. The summed E-state index contributed by atoms with van der Waals surface area (Å²) in [4.78, 5) is 5.06. The number of imidazole rings is 1. The van der Waals surface area contributed by atoms with Crippen LogP contribution in [0.3, 0.4) is 0 Å². The van der Waals surface area contributed by atoms with Crippen molar-refractivity contribution >= 4 is 27.4 Å². The van der Waals surface area contributed by atoms with Crippen LogP contribution in [0, 0.1) is 5.41 Å². The second kappa shape index (κ2) is 10.6. The van der Waals surface area contributed by atoms with Crippen molar-refractivity contribution in [3.8, 4) is 17.1 Å². The van der Waals surface area contributed by atoms with E-state index in [1.807, 2.05) is 0 Å². The van der Waals surface area contributed by atoms with Crippen molar-refractivity contribution in [3.05, 3.63) is 186 Å². The lowest BCUT2D eigenvalue weighted by Crippen LogP contribution is -2.34. The van der Waals surface area contributed by atoms with Crippen LogP contribution in [0.15, 0.2) is 175 Å². The Morgan fingerprint density at radius 1 is 0.696 bits per heavy atom.